The van der Waals surface area contributed by atoms with Crippen molar-refractivity contribution in [1.82, 2.24) is 4.90 Å². The van der Waals surface area contributed by atoms with E-state index in [4.69, 9.17) is 20.7 Å². The normalized spacial score (nSPS) is 11.6. The molecule has 0 fully saturated rings. The molecule has 8 nitrogen and oxygen atoms in total. The first kappa shape index (κ1) is 19.4. The van der Waals surface area contributed by atoms with Crippen molar-refractivity contribution in [2.75, 3.05) is 19.7 Å². The molecule has 4 N–H and O–H groups in total. The molecule has 1 aromatic carbocycles. The van der Waals surface area contributed by atoms with Crippen LogP contribution in [0.5, 0.6) is 5.75 Å². The largest absolute Gasteiger partial charge is 0.494 e. The number of benzene rings is 1. The van der Waals surface area contributed by atoms with E-state index in [-0.39, 0.29) is 13.0 Å². The van der Waals surface area contributed by atoms with Gasteiger partial charge < -0.3 is 25.6 Å². The van der Waals surface area contributed by atoms with Gasteiger partial charge in [0, 0.05) is 12.1 Å². The van der Waals surface area contributed by atoms with Gasteiger partial charge in [0.1, 0.15) is 18.3 Å². The molecule has 1 amide bonds. The number of carbonyl (C=O) groups is 3. The van der Waals surface area contributed by atoms with Crippen molar-refractivity contribution in [3.63, 3.8) is 0 Å². The van der Waals surface area contributed by atoms with Gasteiger partial charge in [-0.3, -0.25) is 14.4 Å². The number of amides is 1. The molecule has 1 aromatic rings. The summed E-state index contributed by atoms with van der Waals surface area (Å²) in [6.07, 6.45) is 0.450. The number of nitrogens with two attached hydrogens (primary N) is 1. The summed E-state index contributed by atoms with van der Waals surface area (Å²) in [6, 6.07) is 5.36. The van der Waals surface area contributed by atoms with E-state index in [9.17, 15) is 14.4 Å². The monoisotopic (exact) mass is 338 g/mol. The summed E-state index contributed by atoms with van der Waals surface area (Å²) in [5.41, 5.74) is 5.74. The molecule has 24 heavy (non-hydrogen) atoms. The van der Waals surface area contributed by atoms with Crippen molar-refractivity contribution in [3.8, 4) is 5.75 Å². The highest BCUT2D eigenvalue weighted by molar-refractivity contribution is 5.95. The second kappa shape index (κ2) is 9.51. The Labute approximate surface area is 139 Å². The summed E-state index contributed by atoms with van der Waals surface area (Å²) < 4.78 is 5.29. The Morgan fingerprint density at radius 3 is 2.33 bits per heavy atom. The van der Waals surface area contributed by atoms with Crippen LogP contribution in [0.15, 0.2) is 24.3 Å². The molecule has 0 radical (unpaired) electrons. The van der Waals surface area contributed by atoms with Gasteiger partial charge in [0.2, 0.25) is 0 Å². The van der Waals surface area contributed by atoms with Crippen LogP contribution in [0.2, 0.25) is 0 Å². The highest BCUT2D eigenvalue weighted by atomic mass is 16.5. The predicted octanol–water partition coefficient (Wildman–Crippen LogP) is 0.804. The molecule has 0 aliphatic carbocycles. The van der Waals surface area contributed by atoms with Crippen LogP contribution in [0, 0.1) is 0 Å². The van der Waals surface area contributed by atoms with Gasteiger partial charge in [0.05, 0.1) is 6.61 Å². The lowest BCUT2D eigenvalue weighted by atomic mass is 10.1. The number of nitrogens with zero attached hydrogens (tertiary/aromatic N) is 1. The second-order valence-corrected chi connectivity index (χ2v) is 5.16. The molecule has 0 heterocycles. The minimum Gasteiger partial charge on any atom is -0.494 e. The molecule has 0 saturated carbocycles. The maximum Gasteiger partial charge on any atom is 0.323 e. The van der Waals surface area contributed by atoms with Crippen LogP contribution in [0.3, 0.4) is 0 Å². The number of ether oxygens (including phenoxy) is 1. The Balaban J connectivity index is 2.73. The molecule has 0 unspecified atom stereocenters. The molecule has 0 aliphatic heterocycles. The standard InChI is InChI=1S/C16H22N2O6/c1-2-24-12-7-5-11(6-8-12)15(21)18(10-14(19)20)9-3-4-13(17)16(22)23/h5-8,13H,2-4,9-10,17H2,1H3,(H,19,20)(H,22,23)/t13-/m0/s1. The van der Waals surface area contributed by atoms with Crippen LogP contribution in [-0.4, -0.2) is 58.7 Å². The Bertz CT molecular complexity index is 572. The van der Waals surface area contributed by atoms with E-state index in [0.717, 1.165) is 4.90 Å². The van der Waals surface area contributed by atoms with Crippen LogP contribution in [0.4, 0.5) is 0 Å². The Morgan fingerprint density at radius 1 is 1.21 bits per heavy atom. The zero-order chi connectivity index (χ0) is 18.1. The third-order valence-corrected chi connectivity index (χ3v) is 3.29. The van der Waals surface area contributed by atoms with Crippen molar-refractivity contribution in [2.45, 2.75) is 25.8 Å². The summed E-state index contributed by atoms with van der Waals surface area (Å²) in [5.74, 6) is -2.09. The first-order valence-corrected chi connectivity index (χ1v) is 7.57. The Kier molecular flexibility index (Phi) is 7.70. The number of hydrogen-bond acceptors (Lipinski definition) is 5. The molecular weight excluding hydrogens is 316 g/mol. The molecule has 0 saturated heterocycles. The molecule has 0 aliphatic rings. The first-order valence-electron chi connectivity index (χ1n) is 7.57. The van der Waals surface area contributed by atoms with Crippen LogP contribution in [0.1, 0.15) is 30.1 Å². The van der Waals surface area contributed by atoms with Crippen molar-refractivity contribution < 1.29 is 29.3 Å². The van der Waals surface area contributed by atoms with Crippen LogP contribution in [-0.2, 0) is 9.59 Å². The number of rotatable bonds is 10. The van der Waals surface area contributed by atoms with Gasteiger partial charge in [-0.2, -0.15) is 0 Å². The average Bonchev–Trinajstić information content (AvgIpc) is 2.53. The van der Waals surface area contributed by atoms with Crippen molar-refractivity contribution in [1.29, 1.82) is 0 Å². The number of hydrogen-bond donors (Lipinski definition) is 3. The maximum absolute atomic E-state index is 12.4. The third-order valence-electron chi connectivity index (χ3n) is 3.29. The lowest BCUT2D eigenvalue weighted by Crippen LogP contribution is -2.37. The summed E-state index contributed by atoms with van der Waals surface area (Å²) in [5, 5.41) is 17.7. The van der Waals surface area contributed by atoms with E-state index in [1.807, 2.05) is 6.92 Å². The molecular formula is C16H22N2O6. The highest BCUT2D eigenvalue weighted by Crippen LogP contribution is 2.14. The number of carboxylic acid groups (broad SMARTS) is 2. The van der Waals surface area contributed by atoms with Gasteiger partial charge >= 0.3 is 11.9 Å². The topological polar surface area (TPSA) is 130 Å². The van der Waals surface area contributed by atoms with Crippen molar-refractivity contribution in [2.24, 2.45) is 5.73 Å². The van der Waals surface area contributed by atoms with Gasteiger partial charge in [-0.15, -0.1) is 0 Å². The third kappa shape index (κ3) is 6.25. The van der Waals surface area contributed by atoms with Gasteiger partial charge in [-0.1, -0.05) is 0 Å². The Morgan fingerprint density at radius 2 is 1.83 bits per heavy atom. The summed E-state index contributed by atoms with van der Waals surface area (Å²) in [7, 11) is 0. The first-order chi connectivity index (χ1) is 11.3. The summed E-state index contributed by atoms with van der Waals surface area (Å²) in [4.78, 5) is 35.2. The fourth-order valence-corrected chi connectivity index (χ4v) is 2.08. The number of carbonyl (C=O) groups excluding carboxylic acids is 1. The quantitative estimate of drug-likeness (QED) is 0.575. The van der Waals surface area contributed by atoms with E-state index in [1.165, 1.54) is 0 Å². The lowest BCUT2D eigenvalue weighted by Gasteiger charge is -2.21. The number of aliphatic carboxylic acids is 2. The summed E-state index contributed by atoms with van der Waals surface area (Å²) >= 11 is 0. The Hall–Kier alpha value is -2.61. The van der Waals surface area contributed by atoms with Gasteiger partial charge in [0.15, 0.2) is 0 Å². The SMILES string of the molecule is CCOc1ccc(C(=O)N(CCC[C@H](N)C(=O)O)CC(=O)O)cc1. The van der Waals surface area contributed by atoms with E-state index >= 15 is 0 Å². The maximum atomic E-state index is 12.4. The van der Waals surface area contributed by atoms with Crippen LogP contribution >= 0.6 is 0 Å². The van der Waals surface area contributed by atoms with Crippen LogP contribution in [0.25, 0.3) is 0 Å². The fraction of sp³-hybridized carbons (Fsp3) is 0.438. The zero-order valence-electron chi connectivity index (χ0n) is 13.5. The average molecular weight is 338 g/mol. The van der Waals surface area contributed by atoms with Crippen molar-refractivity contribution in [3.05, 3.63) is 29.8 Å². The minimum absolute atomic E-state index is 0.110. The molecule has 1 atom stereocenters. The molecule has 132 valence electrons. The molecule has 0 spiro atoms. The molecule has 1 rings (SSSR count). The smallest absolute Gasteiger partial charge is 0.323 e. The number of carboxylic acids is 2. The van der Waals surface area contributed by atoms with Gasteiger partial charge in [0.25, 0.3) is 5.91 Å². The highest BCUT2D eigenvalue weighted by Gasteiger charge is 2.19. The molecule has 0 bridgehead atoms. The molecule has 8 heteroatoms. The summed E-state index contributed by atoms with van der Waals surface area (Å²) in [6.45, 7) is 1.99. The van der Waals surface area contributed by atoms with E-state index in [0.29, 0.717) is 24.3 Å². The van der Waals surface area contributed by atoms with Gasteiger partial charge in [-0.25, -0.2) is 0 Å². The predicted molar refractivity (Wildman–Crippen MR) is 86.0 cm³/mol. The van der Waals surface area contributed by atoms with Crippen molar-refractivity contribution >= 4 is 17.8 Å². The van der Waals surface area contributed by atoms with Gasteiger partial charge in [-0.05, 0) is 44.0 Å². The minimum atomic E-state index is -1.14. The lowest BCUT2D eigenvalue weighted by molar-refractivity contribution is -0.139. The van der Waals surface area contributed by atoms with E-state index < -0.39 is 30.4 Å². The second-order valence-electron chi connectivity index (χ2n) is 5.16. The zero-order valence-corrected chi connectivity index (χ0v) is 13.5. The van der Waals surface area contributed by atoms with Crippen LogP contribution < -0.4 is 10.5 Å². The van der Waals surface area contributed by atoms with E-state index in [2.05, 4.69) is 0 Å². The fourth-order valence-electron chi connectivity index (χ4n) is 2.08. The molecule has 0 aromatic heterocycles. The van der Waals surface area contributed by atoms with E-state index in [1.54, 1.807) is 24.3 Å².